The highest BCUT2D eigenvalue weighted by atomic mass is 16.5. The molecular weight excluding hydrogens is 312 g/mol. The summed E-state index contributed by atoms with van der Waals surface area (Å²) in [5.41, 5.74) is 5.98. The predicted octanol–water partition coefficient (Wildman–Crippen LogP) is 3.61. The maximum absolute atomic E-state index is 12.7. The van der Waals surface area contributed by atoms with E-state index >= 15 is 0 Å². The molecule has 2 heterocycles. The molecule has 1 aliphatic heterocycles. The number of amides is 1. The number of benzene rings is 2. The standard InChI is InChI=1S/C21H22N2O2/c1-14-3-8-17-18-13-23(10-9-19(18)22-20(17)11-14)21(24)12-15-4-6-16(25-2)7-5-15/h3-8,11,22H,9-10,12-13H2,1-2H3. The second kappa shape index (κ2) is 6.28. The molecule has 0 radical (unpaired) electrons. The molecule has 2 aromatic carbocycles. The lowest BCUT2D eigenvalue weighted by molar-refractivity contribution is -0.131. The van der Waals surface area contributed by atoms with Gasteiger partial charge < -0.3 is 14.6 Å². The molecular formula is C21H22N2O2. The van der Waals surface area contributed by atoms with E-state index in [1.165, 1.54) is 27.7 Å². The maximum Gasteiger partial charge on any atom is 0.227 e. The maximum atomic E-state index is 12.7. The number of nitrogens with one attached hydrogen (secondary N) is 1. The largest absolute Gasteiger partial charge is 0.497 e. The fourth-order valence-corrected chi connectivity index (χ4v) is 3.58. The smallest absolute Gasteiger partial charge is 0.227 e. The second-order valence-electron chi connectivity index (χ2n) is 6.72. The summed E-state index contributed by atoms with van der Waals surface area (Å²) < 4.78 is 5.17. The summed E-state index contributed by atoms with van der Waals surface area (Å²) in [4.78, 5) is 18.2. The Morgan fingerprint density at radius 1 is 1.20 bits per heavy atom. The van der Waals surface area contributed by atoms with Gasteiger partial charge in [0.25, 0.3) is 0 Å². The molecule has 4 nitrogen and oxygen atoms in total. The number of H-pyrrole nitrogens is 1. The first-order chi connectivity index (χ1) is 12.1. The van der Waals surface area contributed by atoms with Gasteiger partial charge in [0.15, 0.2) is 0 Å². The number of nitrogens with zero attached hydrogens (tertiary/aromatic N) is 1. The average Bonchev–Trinajstić information content (AvgIpc) is 2.98. The molecule has 0 unspecified atom stereocenters. The van der Waals surface area contributed by atoms with Crippen LogP contribution in [0.2, 0.25) is 0 Å². The molecule has 25 heavy (non-hydrogen) atoms. The van der Waals surface area contributed by atoms with E-state index in [1.54, 1.807) is 7.11 Å². The van der Waals surface area contributed by atoms with Crippen LogP contribution in [0, 0.1) is 6.92 Å². The van der Waals surface area contributed by atoms with Crippen molar-refractivity contribution in [3.63, 3.8) is 0 Å². The number of hydrogen-bond acceptors (Lipinski definition) is 2. The van der Waals surface area contributed by atoms with Crippen LogP contribution in [0.5, 0.6) is 5.75 Å². The molecule has 128 valence electrons. The number of carbonyl (C=O) groups is 1. The highest BCUT2D eigenvalue weighted by Crippen LogP contribution is 2.28. The van der Waals surface area contributed by atoms with Gasteiger partial charge in [-0.25, -0.2) is 0 Å². The minimum absolute atomic E-state index is 0.178. The molecule has 0 saturated carbocycles. The first-order valence-electron chi connectivity index (χ1n) is 8.65. The molecule has 1 amide bonds. The third-order valence-corrected chi connectivity index (χ3v) is 5.00. The Hall–Kier alpha value is -2.75. The minimum atomic E-state index is 0.178. The first kappa shape index (κ1) is 15.8. The van der Waals surface area contributed by atoms with Crippen molar-refractivity contribution in [2.24, 2.45) is 0 Å². The van der Waals surface area contributed by atoms with Crippen LogP contribution >= 0.6 is 0 Å². The van der Waals surface area contributed by atoms with Crippen molar-refractivity contribution in [1.82, 2.24) is 9.88 Å². The van der Waals surface area contributed by atoms with Crippen LogP contribution in [0.4, 0.5) is 0 Å². The topological polar surface area (TPSA) is 45.3 Å². The molecule has 1 aliphatic rings. The van der Waals surface area contributed by atoms with Crippen molar-refractivity contribution in [2.75, 3.05) is 13.7 Å². The molecule has 4 heteroatoms. The summed E-state index contributed by atoms with van der Waals surface area (Å²) in [7, 11) is 1.65. The molecule has 0 fully saturated rings. The lowest BCUT2D eigenvalue weighted by Gasteiger charge is -2.27. The number of hydrogen-bond donors (Lipinski definition) is 1. The number of carbonyl (C=O) groups excluding carboxylic acids is 1. The van der Waals surface area contributed by atoms with Gasteiger partial charge in [-0.3, -0.25) is 4.79 Å². The molecule has 0 aliphatic carbocycles. The number of fused-ring (bicyclic) bond motifs is 3. The van der Waals surface area contributed by atoms with Crippen LogP contribution in [-0.4, -0.2) is 29.4 Å². The third-order valence-electron chi connectivity index (χ3n) is 5.00. The second-order valence-corrected chi connectivity index (χ2v) is 6.72. The molecule has 1 aromatic heterocycles. The SMILES string of the molecule is COc1ccc(CC(=O)N2CCc3[nH]c4cc(C)ccc4c3C2)cc1. The Labute approximate surface area is 147 Å². The van der Waals surface area contributed by atoms with Gasteiger partial charge in [-0.05, 0) is 36.2 Å². The Kier molecular flexibility index (Phi) is 3.96. The van der Waals surface area contributed by atoms with Crippen molar-refractivity contribution in [3.8, 4) is 5.75 Å². The van der Waals surface area contributed by atoms with Crippen LogP contribution in [0.25, 0.3) is 10.9 Å². The van der Waals surface area contributed by atoms with Crippen molar-refractivity contribution in [2.45, 2.75) is 26.3 Å². The minimum Gasteiger partial charge on any atom is -0.497 e. The Bertz CT molecular complexity index is 925. The van der Waals surface area contributed by atoms with E-state index in [9.17, 15) is 4.79 Å². The monoisotopic (exact) mass is 334 g/mol. The van der Waals surface area contributed by atoms with Crippen molar-refractivity contribution in [3.05, 3.63) is 64.8 Å². The van der Waals surface area contributed by atoms with Crippen LogP contribution in [0.1, 0.15) is 22.4 Å². The van der Waals surface area contributed by atoms with Gasteiger partial charge in [-0.2, -0.15) is 0 Å². The fraction of sp³-hybridized carbons (Fsp3) is 0.286. The Morgan fingerprint density at radius 3 is 2.76 bits per heavy atom. The highest BCUT2D eigenvalue weighted by molar-refractivity contribution is 5.87. The number of aromatic nitrogens is 1. The van der Waals surface area contributed by atoms with E-state index < -0.39 is 0 Å². The molecule has 0 spiro atoms. The van der Waals surface area contributed by atoms with Crippen molar-refractivity contribution < 1.29 is 9.53 Å². The third kappa shape index (κ3) is 3.00. The number of aryl methyl sites for hydroxylation is 1. The predicted molar refractivity (Wildman–Crippen MR) is 98.9 cm³/mol. The molecule has 0 atom stereocenters. The Morgan fingerprint density at radius 2 is 2.00 bits per heavy atom. The van der Waals surface area contributed by atoms with Gasteiger partial charge in [0, 0.05) is 41.7 Å². The summed E-state index contributed by atoms with van der Waals surface area (Å²) in [6.45, 7) is 3.56. The lowest BCUT2D eigenvalue weighted by Crippen LogP contribution is -2.36. The quantitative estimate of drug-likeness (QED) is 0.795. The zero-order valence-corrected chi connectivity index (χ0v) is 14.6. The molecule has 1 N–H and O–H groups in total. The fourth-order valence-electron chi connectivity index (χ4n) is 3.58. The first-order valence-corrected chi connectivity index (χ1v) is 8.65. The molecule has 0 bridgehead atoms. The normalized spacial score (nSPS) is 13.8. The van der Waals surface area contributed by atoms with E-state index in [0.29, 0.717) is 13.0 Å². The van der Waals surface area contributed by atoms with E-state index in [2.05, 4.69) is 30.1 Å². The van der Waals surface area contributed by atoms with Gasteiger partial charge in [-0.1, -0.05) is 24.3 Å². The van der Waals surface area contributed by atoms with Crippen LogP contribution < -0.4 is 4.74 Å². The number of methoxy groups -OCH3 is 1. The Balaban J connectivity index is 1.53. The lowest BCUT2D eigenvalue weighted by atomic mass is 10.0. The van der Waals surface area contributed by atoms with Crippen LogP contribution in [0.15, 0.2) is 42.5 Å². The van der Waals surface area contributed by atoms with E-state index in [0.717, 1.165) is 24.3 Å². The number of rotatable bonds is 3. The van der Waals surface area contributed by atoms with Gasteiger partial charge >= 0.3 is 0 Å². The van der Waals surface area contributed by atoms with Gasteiger partial charge in [0.05, 0.1) is 13.5 Å². The van der Waals surface area contributed by atoms with Crippen molar-refractivity contribution in [1.29, 1.82) is 0 Å². The number of aromatic amines is 1. The average molecular weight is 334 g/mol. The van der Waals surface area contributed by atoms with Crippen LogP contribution in [0.3, 0.4) is 0 Å². The summed E-state index contributed by atoms with van der Waals surface area (Å²) in [6, 6.07) is 14.2. The summed E-state index contributed by atoms with van der Waals surface area (Å²) in [5, 5.41) is 1.24. The van der Waals surface area contributed by atoms with Gasteiger partial charge in [0.2, 0.25) is 5.91 Å². The summed E-state index contributed by atoms with van der Waals surface area (Å²) in [6.07, 6.45) is 1.32. The number of ether oxygens (including phenoxy) is 1. The van der Waals surface area contributed by atoms with E-state index in [-0.39, 0.29) is 5.91 Å². The van der Waals surface area contributed by atoms with E-state index in [1.807, 2.05) is 29.2 Å². The zero-order chi connectivity index (χ0) is 17.4. The van der Waals surface area contributed by atoms with Gasteiger partial charge in [0.1, 0.15) is 5.75 Å². The molecule has 4 rings (SSSR count). The molecule has 3 aromatic rings. The molecule has 0 saturated heterocycles. The van der Waals surface area contributed by atoms with E-state index in [4.69, 9.17) is 4.74 Å². The zero-order valence-electron chi connectivity index (χ0n) is 14.6. The van der Waals surface area contributed by atoms with Gasteiger partial charge in [-0.15, -0.1) is 0 Å². The highest BCUT2D eigenvalue weighted by Gasteiger charge is 2.24. The summed E-state index contributed by atoms with van der Waals surface area (Å²) >= 11 is 0. The van der Waals surface area contributed by atoms with Crippen LogP contribution in [-0.2, 0) is 24.2 Å². The summed E-state index contributed by atoms with van der Waals surface area (Å²) in [5.74, 6) is 0.991. The van der Waals surface area contributed by atoms with Crippen molar-refractivity contribution >= 4 is 16.8 Å².